The van der Waals surface area contributed by atoms with Crippen molar-refractivity contribution in [1.82, 2.24) is 0 Å². The zero-order valence-electron chi connectivity index (χ0n) is 22.3. The van der Waals surface area contributed by atoms with Crippen molar-refractivity contribution in [2.45, 2.75) is 110 Å². The molecule has 0 bridgehead atoms. The number of carboxylic acids is 1. The van der Waals surface area contributed by atoms with Crippen molar-refractivity contribution in [2.24, 2.45) is 10.8 Å². The fourth-order valence-corrected chi connectivity index (χ4v) is 4.88. The van der Waals surface area contributed by atoms with E-state index in [-0.39, 0.29) is 12.0 Å². The number of hydrogen-bond donors (Lipinski definition) is 6. The third-order valence-electron chi connectivity index (χ3n) is 7.47. The van der Waals surface area contributed by atoms with Gasteiger partial charge in [0.2, 0.25) is 0 Å². The van der Waals surface area contributed by atoms with E-state index in [1.54, 1.807) is 38.2 Å². The molecule has 204 valence electrons. The monoisotopic (exact) mass is 506 g/mol. The van der Waals surface area contributed by atoms with Gasteiger partial charge in [-0.1, -0.05) is 38.2 Å². The summed E-state index contributed by atoms with van der Waals surface area (Å²) in [6.07, 6.45) is 9.24. The molecule has 0 saturated heterocycles. The topological polar surface area (TPSA) is 138 Å². The largest absolute Gasteiger partial charge is 0.481 e. The third kappa shape index (κ3) is 8.96. The summed E-state index contributed by atoms with van der Waals surface area (Å²) < 4.78 is 0. The molecule has 0 aliphatic heterocycles. The molecule has 0 amide bonds. The Morgan fingerprint density at radius 2 is 1.06 bits per heavy atom. The first-order valence-electron chi connectivity index (χ1n) is 13.1. The van der Waals surface area contributed by atoms with Crippen molar-refractivity contribution in [3.05, 3.63) is 46.6 Å². The smallest absolute Gasteiger partial charge is 0.309 e. The predicted octanol–water partition coefficient (Wildman–Crippen LogP) is 3.80. The molecule has 0 saturated carbocycles. The molecular formula is C29H46O7. The number of carbonyl (C=O) groups is 1. The van der Waals surface area contributed by atoms with E-state index in [0.29, 0.717) is 50.5 Å². The Morgan fingerprint density at radius 3 is 1.42 bits per heavy atom. The second-order valence-corrected chi connectivity index (χ2v) is 11.8. The zero-order chi connectivity index (χ0) is 27.1. The molecule has 2 aliphatic rings. The maximum absolute atomic E-state index is 11.3. The van der Waals surface area contributed by atoms with Crippen molar-refractivity contribution in [3.63, 3.8) is 0 Å². The fourth-order valence-electron chi connectivity index (χ4n) is 4.88. The van der Waals surface area contributed by atoms with Gasteiger partial charge in [0.1, 0.15) is 0 Å². The minimum atomic E-state index is -0.849. The van der Waals surface area contributed by atoms with Crippen LogP contribution in [0, 0.1) is 10.8 Å². The van der Waals surface area contributed by atoms with Crippen molar-refractivity contribution >= 4 is 5.97 Å². The SMILES string of the molecule is CC(C)(CO)CCCC1=CC(O)C=C(CCCC2=CC(O)C=C(CCCC(C)(C)C(=O)O)C2O)C1O. The highest BCUT2D eigenvalue weighted by atomic mass is 16.4. The summed E-state index contributed by atoms with van der Waals surface area (Å²) in [5, 5.41) is 61.0. The minimum Gasteiger partial charge on any atom is -0.481 e. The number of aliphatic hydroxyl groups is 5. The summed E-state index contributed by atoms with van der Waals surface area (Å²) in [6, 6.07) is 0. The van der Waals surface area contributed by atoms with Gasteiger partial charge >= 0.3 is 5.97 Å². The number of rotatable bonds is 14. The molecule has 0 aromatic heterocycles. The van der Waals surface area contributed by atoms with Crippen LogP contribution in [0.2, 0.25) is 0 Å². The van der Waals surface area contributed by atoms with Gasteiger partial charge in [-0.05, 0) is 99.3 Å². The lowest BCUT2D eigenvalue weighted by Gasteiger charge is -2.28. The van der Waals surface area contributed by atoms with Gasteiger partial charge in [0.25, 0.3) is 0 Å². The van der Waals surface area contributed by atoms with Crippen LogP contribution in [-0.4, -0.2) is 67.6 Å². The van der Waals surface area contributed by atoms with E-state index in [1.165, 1.54) is 0 Å². The van der Waals surface area contributed by atoms with E-state index in [4.69, 9.17) is 0 Å². The van der Waals surface area contributed by atoms with E-state index in [1.807, 2.05) is 13.8 Å². The number of carboxylic acid groups (broad SMARTS) is 1. The number of aliphatic carboxylic acids is 1. The summed E-state index contributed by atoms with van der Waals surface area (Å²) in [4.78, 5) is 11.3. The minimum absolute atomic E-state index is 0.107. The highest BCUT2D eigenvalue weighted by Gasteiger charge is 2.28. The standard InChI is InChI=1S/C29H46O7/c1-28(2,18-30)12-6-10-21-16-23(31)14-19(25(21)33)8-5-9-20-15-24(32)17-22(26(20)34)11-7-13-29(3,4)27(35)36/h14-17,23-26,30-34H,5-13,18H2,1-4H3,(H,35,36). The molecule has 0 fully saturated rings. The second kappa shape index (κ2) is 13.2. The van der Waals surface area contributed by atoms with Gasteiger partial charge in [-0.15, -0.1) is 0 Å². The van der Waals surface area contributed by atoms with Crippen LogP contribution >= 0.6 is 0 Å². The van der Waals surface area contributed by atoms with Gasteiger partial charge in [0.15, 0.2) is 0 Å². The number of aliphatic hydroxyl groups excluding tert-OH is 5. The van der Waals surface area contributed by atoms with Crippen molar-refractivity contribution in [3.8, 4) is 0 Å². The highest BCUT2D eigenvalue weighted by molar-refractivity contribution is 5.73. The average molecular weight is 507 g/mol. The lowest BCUT2D eigenvalue weighted by molar-refractivity contribution is -0.147. The maximum atomic E-state index is 11.3. The van der Waals surface area contributed by atoms with Crippen LogP contribution in [0.4, 0.5) is 0 Å². The summed E-state index contributed by atoms with van der Waals surface area (Å²) in [5.41, 5.74) is 2.00. The quantitative estimate of drug-likeness (QED) is 0.197. The van der Waals surface area contributed by atoms with E-state index in [0.717, 1.165) is 29.6 Å². The van der Waals surface area contributed by atoms with Crippen molar-refractivity contribution in [1.29, 1.82) is 0 Å². The average Bonchev–Trinajstić information content (AvgIpc) is 2.79. The lowest BCUT2D eigenvalue weighted by atomic mass is 9.82. The van der Waals surface area contributed by atoms with E-state index >= 15 is 0 Å². The van der Waals surface area contributed by atoms with Gasteiger partial charge in [-0.3, -0.25) is 4.79 Å². The van der Waals surface area contributed by atoms with Crippen LogP contribution in [-0.2, 0) is 4.79 Å². The predicted molar refractivity (Wildman–Crippen MR) is 140 cm³/mol. The molecule has 7 nitrogen and oxygen atoms in total. The maximum Gasteiger partial charge on any atom is 0.309 e. The van der Waals surface area contributed by atoms with Crippen molar-refractivity contribution < 1.29 is 35.4 Å². The first-order chi connectivity index (χ1) is 16.8. The first kappa shape index (κ1) is 30.5. The molecule has 7 heteroatoms. The molecule has 4 unspecified atom stereocenters. The molecular weight excluding hydrogens is 460 g/mol. The molecule has 6 N–H and O–H groups in total. The molecule has 4 atom stereocenters. The van der Waals surface area contributed by atoms with Crippen LogP contribution in [0.15, 0.2) is 46.6 Å². The third-order valence-corrected chi connectivity index (χ3v) is 7.47. The molecule has 0 aromatic carbocycles. The molecule has 0 spiro atoms. The van der Waals surface area contributed by atoms with Crippen LogP contribution < -0.4 is 0 Å². The van der Waals surface area contributed by atoms with Gasteiger partial charge in [-0.2, -0.15) is 0 Å². The normalized spacial score (nSPS) is 25.1. The molecule has 36 heavy (non-hydrogen) atoms. The molecule has 0 heterocycles. The first-order valence-corrected chi connectivity index (χ1v) is 13.1. The molecule has 2 rings (SSSR count). The van der Waals surface area contributed by atoms with Crippen LogP contribution in [0.5, 0.6) is 0 Å². The molecule has 2 aliphatic carbocycles. The Morgan fingerprint density at radius 1 is 0.694 bits per heavy atom. The Bertz CT molecular complexity index is 878. The fraction of sp³-hybridized carbons (Fsp3) is 0.690. The van der Waals surface area contributed by atoms with Crippen molar-refractivity contribution in [2.75, 3.05) is 6.61 Å². The lowest BCUT2D eigenvalue weighted by Crippen LogP contribution is -2.25. The Labute approximate surface area is 215 Å². The van der Waals surface area contributed by atoms with E-state index < -0.39 is 35.8 Å². The molecule has 0 radical (unpaired) electrons. The molecule has 0 aromatic rings. The van der Waals surface area contributed by atoms with Crippen LogP contribution in [0.3, 0.4) is 0 Å². The number of hydrogen-bond acceptors (Lipinski definition) is 6. The Balaban J connectivity index is 1.87. The second-order valence-electron chi connectivity index (χ2n) is 11.8. The van der Waals surface area contributed by atoms with Gasteiger partial charge in [-0.25, -0.2) is 0 Å². The summed E-state index contributed by atoms with van der Waals surface area (Å²) in [6.45, 7) is 7.48. The zero-order valence-corrected chi connectivity index (χ0v) is 22.3. The summed E-state index contributed by atoms with van der Waals surface area (Å²) >= 11 is 0. The Kier molecular flexibility index (Phi) is 11.1. The highest BCUT2D eigenvalue weighted by Crippen LogP contribution is 2.33. The van der Waals surface area contributed by atoms with Gasteiger partial charge in [0.05, 0.1) is 29.8 Å². The van der Waals surface area contributed by atoms with Crippen LogP contribution in [0.25, 0.3) is 0 Å². The van der Waals surface area contributed by atoms with Gasteiger partial charge < -0.3 is 30.6 Å². The summed E-state index contributed by atoms with van der Waals surface area (Å²) in [5.74, 6) is -0.849. The van der Waals surface area contributed by atoms with E-state index in [2.05, 4.69) is 0 Å². The van der Waals surface area contributed by atoms with Gasteiger partial charge in [0, 0.05) is 6.61 Å². The summed E-state index contributed by atoms with van der Waals surface area (Å²) in [7, 11) is 0. The Hall–Kier alpha value is -1.77. The van der Waals surface area contributed by atoms with E-state index in [9.17, 15) is 35.4 Å². The van der Waals surface area contributed by atoms with Crippen LogP contribution in [0.1, 0.15) is 85.5 Å².